The lowest BCUT2D eigenvalue weighted by Gasteiger charge is -2.16. The number of carbonyl (C=O) groups is 2. The normalized spacial score (nSPS) is 13.8. The first kappa shape index (κ1) is 14.0. The van der Waals surface area contributed by atoms with E-state index in [1.165, 1.54) is 12.1 Å². The van der Waals surface area contributed by atoms with Crippen molar-refractivity contribution in [1.82, 2.24) is 0 Å². The lowest BCUT2D eigenvalue weighted by atomic mass is 10.1. The molecule has 2 rings (SSSR count). The van der Waals surface area contributed by atoms with E-state index in [9.17, 15) is 9.59 Å². The average Bonchev–Trinajstić information content (AvgIpc) is 2.84. The summed E-state index contributed by atoms with van der Waals surface area (Å²) >= 11 is 0. The maximum absolute atomic E-state index is 11.2. The molecule has 108 valence electrons. The van der Waals surface area contributed by atoms with Gasteiger partial charge >= 0.3 is 11.9 Å². The summed E-state index contributed by atoms with van der Waals surface area (Å²) in [4.78, 5) is 22.3. The molecule has 0 amide bonds. The third kappa shape index (κ3) is 2.76. The van der Waals surface area contributed by atoms with Crippen molar-refractivity contribution in [2.24, 2.45) is 0 Å². The topological polar surface area (TPSA) is 102 Å². The molecule has 7 nitrogen and oxygen atoms in total. The second-order valence-corrected chi connectivity index (χ2v) is 4.24. The number of ether oxygens (including phenoxy) is 3. The molecule has 1 atom stereocenters. The molecule has 1 aromatic carbocycles. The van der Waals surface area contributed by atoms with Gasteiger partial charge in [-0.15, -0.1) is 0 Å². The minimum absolute atomic E-state index is 0.00480. The molecule has 0 radical (unpaired) electrons. The highest BCUT2D eigenvalue weighted by Crippen LogP contribution is 2.38. The summed E-state index contributed by atoms with van der Waals surface area (Å²) in [7, 11) is 0. The number of carboxylic acid groups (broad SMARTS) is 2. The first-order chi connectivity index (χ1) is 9.52. The Kier molecular flexibility index (Phi) is 3.97. The van der Waals surface area contributed by atoms with E-state index >= 15 is 0 Å². The number of rotatable bonds is 6. The van der Waals surface area contributed by atoms with Crippen molar-refractivity contribution < 1.29 is 34.0 Å². The molecule has 20 heavy (non-hydrogen) atoms. The molecule has 0 fully saturated rings. The molecule has 1 aliphatic heterocycles. The molecule has 0 aliphatic carbocycles. The number of aliphatic carboxylic acids is 1. The monoisotopic (exact) mass is 282 g/mol. The van der Waals surface area contributed by atoms with Gasteiger partial charge < -0.3 is 24.4 Å². The van der Waals surface area contributed by atoms with Gasteiger partial charge in [-0.25, -0.2) is 9.59 Å². The van der Waals surface area contributed by atoms with Crippen LogP contribution in [0.4, 0.5) is 0 Å². The summed E-state index contributed by atoms with van der Waals surface area (Å²) in [6.45, 7) is 1.81. The Hall–Kier alpha value is -2.44. The quantitative estimate of drug-likeness (QED) is 0.819. The highest BCUT2D eigenvalue weighted by molar-refractivity contribution is 5.92. The molecule has 0 spiro atoms. The standard InChI is InChI=1S/C13H14O7/c1-2-3-8(13(16)17)20-9-5-11-10(18-6-19-11)4-7(9)12(14)15/h4-5,8H,2-3,6H2,1H3,(H,14,15)(H,16,17). The second-order valence-electron chi connectivity index (χ2n) is 4.24. The molecule has 0 saturated carbocycles. The third-order valence-electron chi connectivity index (χ3n) is 2.80. The van der Waals surface area contributed by atoms with Crippen molar-refractivity contribution in [3.05, 3.63) is 17.7 Å². The molecule has 1 heterocycles. The van der Waals surface area contributed by atoms with E-state index in [1.807, 2.05) is 6.92 Å². The Morgan fingerprint density at radius 2 is 1.95 bits per heavy atom. The van der Waals surface area contributed by atoms with Crippen LogP contribution in [0.15, 0.2) is 12.1 Å². The maximum Gasteiger partial charge on any atom is 0.344 e. The molecule has 2 N–H and O–H groups in total. The van der Waals surface area contributed by atoms with Gasteiger partial charge in [-0.1, -0.05) is 13.3 Å². The Labute approximate surface area is 114 Å². The minimum atomic E-state index is -1.22. The van der Waals surface area contributed by atoms with Crippen molar-refractivity contribution in [2.45, 2.75) is 25.9 Å². The number of carboxylic acids is 2. The fourth-order valence-electron chi connectivity index (χ4n) is 1.84. The van der Waals surface area contributed by atoms with Gasteiger partial charge in [0.15, 0.2) is 17.6 Å². The zero-order valence-corrected chi connectivity index (χ0v) is 10.8. The molecule has 0 aromatic heterocycles. The lowest BCUT2D eigenvalue weighted by Crippen LogP contribution is -2.27. The second kappa shape index (κ2) is 5.68. The lowest BCUT2D eigenvalue weighted by molar-refractivity contribution is -0.145. The van der Waals surface area contributed by atoms with Crippen LogP contribution in [0.2, 0.25) is 0 Å². The van der Waals surface area contributed by atoms with Gasteiger partial charge in [0.05, 0.1) is 0 Å². The van der Waals surface area contributed by atoms with Gasteiger partial charge in [0, 0.05) is 12.1 Å². The van der Waals surface area contributed by atoms with Gasteiger partial charge in [-0.05, 0) is 6.42 Å². The molecule has 0 saturated heterocycles. The maximum atomic E-state index is 11.2. The highest BCUT2D eigenvalue weighted by atomic mass is 16.7. The van der Waals surface area contributed by atoms with Gasteiger partial charge in [-0.2, -0.15) is 0 Å². The zero-order valence-electron chi connectivity index (χ0n) is 10.8. The van der Waals surface area contributed by atoms with E-state index < -0.39 is 18.0 Å². The van der Waals surface area contributed by atoms with Gasteiger partial charge in [-0.3, -0.25) is 0 Å². The van der Waals surface area contributed by atoms with E-state index in [4.69, 9.17) is 24.4 Å². The summed E-state index contributed by atoms with van der Waals surface area (Å²) in [5.41, 5.74) is -0.156. The molecule has 1 aromatic rings. The van der Waals surface area contributed by atoms with Crippen LogP contribution in [-0.2, 0) is 4.79 Å². The van der Waals surface area contributed by atoms with Gasteiger partial charge in [0.25, 0.3) is 0 Å². The number of hydrogen-bond donors (Lipinski definition) is 2. The van der Waals surface area contributed by atoms with Crippen LogP contribution in [0, 0.1) is 0 Å². The molecular weight excluding hydrogens is 268 g/mol. The van der Waals surface area contributed by atoms with Crippen LogP contribution in [0.25, 0.3) is 0 Å². The van der Waals surface area contributed by atoms with Crippen LogP contribution in [0.3, 0.4) is 0 Å². The fourth-order valence-corrected chi connectivity index (χ4v) is 1.84. The molecular formula is C13H14O7. The summed E-state index contributed by atoms with van der Waals surface area (Å²) in [5, 5.41) is 18.2. The zero-order chi connectivity index (χ0) is 14.7. The van der Waals surface area contributed by atoms with E-state index in [2.05, 4.69) is 0 Å². The van der Waals surface area contributed by atoms with Crippen LogP contribution in [0.1, 0.15) is 30.1 Å². The van der Waals surface area contributed by atoms with Crippen molar-refractivity contribution in [3.8, 4) is 17.2 Å². The molecule has 7 heteroatoms. The van der Waals surface area contributed by atoms with E-state index in [-0.39, 0.29) is 24.5 Å². The van der Waals surface area contributed by atoms with Crippen LogP contribution >= 0.6 is 0 Å². The van der Waals surface area contributed by atoms with E-state index in [1.54, 1.807) is 0 Å². The summed E-state index contributed by atoms with van der Waals surface area (Å²) in [6, 6.07) is 2.61. The first-order valence-corrected chi connectivity index (χ1v) is 6.09. The number of fused-ring (bicyclic) bond motifs is 1. The Balaban J connectivity index is 2.34. The number of aromatic carboxylic acids is 1. The Morgan fingerprint density at radius 1 is 1.30 bits per heavy atom. The number of benzene rings is 1. The van der Waals surface area contributed by atoms with Crippen molar-refractivity contribution in [2.75, 3.05) is 6.79 Å². The molecule has 1 aliphatic rings. The first-order valence-electron chi connectivity index (χ1n) is 6.09. The highest BCUT2D eigenvalue weighted by Gasteiger charge is 2.25. The van der Waals surface area contributed by atoms with E-state index in [0.29, 0.717) is 17.9 Å². The predicted molar refractivity (Wildman–Crippen MR) is 66.5 cm³/mol. The van der Waals surface area contributed by atoms with Crippen LogP contribution in [-0.4, -0.2) is 35.0 Å². The molecule has 1 unspecified atom stereocenters. The van der Waals surface area contributed by atoms with Crippen molar-refractivity contribution >= 4 is 11.9 Å². The van der Waals surface area contributed by atoms with Crippen LogP contribution < -0.4 is 14.2 Å². The predicted octanol–water partition coefficient (Wildman–Crippen LogP) is 1.75. The average molecular weight is 282 g/mol. The smallest absolute Gasteiger partial charge is 0.344 e. The Bertz CT molecular complexity index is 538. The third-order valence-corrected chi connectivity index (χ3v) is 2.80. The number of hydrogen-bond acceptors (Lipinski definition) is 5. The molecule has 0 bridgehead atoms. The van der Waals surface area contributed by atoms with Crippen LogP contribution in [0.5, 0.6) is 17.2 Å². The minimum Gasteiger partial charge on any atom is -0.479 e. The summed E-state index contributed by atoms with van der Waals surface area (Å²) in [6.07, 6.45) is -0.217. The van der Waals surface area contributed by atoms with Crippen molar-refractivity contribution in [1.29, 1.82) is 0 Å². The summed E-state index contributed by atoms with van der Waals surface area (Å²) < 4.78 is 15.5. The SMILES string of the molecule is CCCC(Oc1cc2c(cc1C(=O)O)OCO2)C(=O)O. The Morgan fingerprint density at radius 3 is 2.50 bits per heavy atom. The van der Waals surface area contributed by atoms with Gasteiger partial charge in [0.1, 0.15) is 11.3 Å². The van der Waals surface area contributed by atoms with Gasteiger partial charge in [0.2, 0.25) is 6.79 Å². The van der Waals surface area contributed by atoms with Crippen molar-refractivity contribution in [3.63, 3.8) is 0 Å². The fraction of sp³-hybridized carbons (Fsp3) is 0.385. The van der Waals surface area contributed by atoms with E-state index in [0.717, 1.165) is 0 Å². The summed E-state index contributed by atoms with van der Waals surface area (Å²) in [5.74, 6) is -1.76. The largest absolute Gasteiger partial charge is 0.479 e.